The number of hydrogen-bond donors (Lipinski definition) is 1. The monoisotopic (exact) mass is 199 g/mol. The van der Waals surface area contributed by atoms with Crippen molar-refractivity contribution in [3.63, 3.8) is 0 Å². The molecule has 0 aliphatic heterocycles. The smallest absolute Gasteiger partial charge is 0.124 e. The Bertz CT molecular complexity index is 231. The summed E-state index contributed by atoms with van der Waals surface area (Å²) in [4.78, 5) is 4.14. The Morgan fingerprint density at radius 3 is 2.85 bits per heavy atom. The first-order valence-corrected chi connectivity index (χ1v) is 5.67. The zero-order valence-electron chi connectivity index (χ0n) is 8.29. The number of thiazole rings is 1. The number of aliphatic hydroxyl groups is 1. The highest BCUT2D eigenvalue weighted by Crippen LogP contribution is 2.28. The number of nitrogens with zero attached hydrogens (tertiary/aromatic N) is 1. The van der Waals surface area contributed by atoms with Crippen LogP contribution in [0, 0.1) is 0 Å². The minimum Gasteiger partial charge on any atom is -0.383 e. The Balaban J connectivity index is 2.46. The number of rotatable bonds is 5. The highest BCUT2D eigenvalue weighted by atomic mass is 32.1. The summed E-state index contributed by atoms with van der Waals surface area (Å²) in [7, 11) is 0. The van der Waals surface area contributed by atoms with E-state index < -0.39 is 5.60 Å². The van der Waals surface area contributed by atoms with E-state index in [-0.39, 0.29) is 0 Å². The Morgan fingerprint density at radius 1 is 1.54 bits per heavy atom. The normalized spacial score (nSPS) is 15.6. The second-order valence-corrected chi connectivity index (χ2v) is 4.46. The van der Waals surface area contributed by atoms with Crippen molar-refractivity contribution in [3.05, 3.63) is 16.6 Å². The molecule has 13 heavy (non-hydrogen) atoms. The van der Waals surface area contributed by atoms with Crippen LogP contribution in [0.3, 0.4) is 0 Å². The molecule has 0 unspecified atom stereocenters. The summed E-state index contributed by atoms with van der Waals surface area (Å²) in [6.07, 6.45) is 6.00. The van der Waals surface area contributed by atoms with Crippen molar-refractivity contribution in [3.8, 4) is 0 Å². The molecular weight excluding hydrogens is 182 g/mol. The summed E-state index contributed by atoms with van der Waals surface area (Å²) in [5.74, 6) is 0. The van der Waals surface area contributed by atoms with Gasteiger partial charge in [-0.25, -0.2) is 4.98 Å². The molecule has 0 saturated heterocycles. The summed E-state index contributed by atoms with van der Waals surface area (Å²) >= 11 is 1.53. The molecule has 74 valence electrons. The molecule has 3 heteroatoms. The standard InChI is InChI=1S/C10H17NOS/c1-3-4-5-6-10(2,12)9-11-7-8-13-9/h7-8,12H,3-6H2,1-2H3/t10-/m0/s1. The van der Waals surface area contributed by atoms with Gasteiger partial charge in [0.15, 0.2) is 0 Å². The van der Waals surface area contributed by atoms with Crippen LogP contribution >= 0.6 is 11.3 Å². The largest absolute Gasteiger partial charge is 0.383 e. The summed E-state index contributed by atoms with van der Waals surface area (Å²) in [6, 6.07) is 0. The van der Waals surface area contributed by atoms with Crippen LogP contribution < -0.4 is 0 Å². The molecular formula is C10H17NOS. The van der Waals surface area contributed by atoms with Gasteiger partial charge in [0.1, 0.15) is 10.6 Å². The molecule has 1 aromatic heterocycles. The molecule has 0 amide bonds. The van der Waals surface area contributed by atoms with Gasteiger partial charge in [-0.05, 0) is 13.3 Å². The predicted octanol–water partition coefficient (Wildman–Crippen LogP) is 2.93. The van der Waals surface area contributed by atoms with E-state index in [1.54, 1.807) is 6.20 Å². The van der Waals surface area contributed by atoms with Crippen LogP contribution in [0.4, 0.5) is 0 Å². The second kappa shape index (κ2) is 4.72. The molecule has 0 aliphatic carbocycles. The number of aromatic nitrogens is 1. The van der Waals surface area contributed by atoms with E-state index in [0.29, 0.717) is 0 Å². The molecule has 1 rings (SSSR count). The fourth-order valence-electron chi connectivity index (χ4n) is 1.32. The van der Waals surface area contributed by atoms with Crippen molar-refractivity contribution in [2.45, 2.75) is 45.1 Å². The lowest BCUT2D eigenvalue weighted by Gasteiger charge is -2.19. The van der Waals surface area contributed by atoms with Crippen LogP contribution in [-0.4, -0.2) is 10.1 Å². The summed E-state index contributed by atoms with van der Waals surface area (Å²) in [5.41, 5.74) is -0.719. The maximum Gasteiger partial charge on any atom is 0.124 e. The highest BCUT2D eigenvalue weighted by molar-refractivity contribution is 7.09. The highest BCUT2D eigenvalue weighted by Gasteiger charge is 2.24. The molecule has 0 radical (unpaired) electrons. The van der Waals surface area contributed by atoms with E-state index in [0.717, 1.165) is 17.8 Å². The first-order chi connectivity index (χ1) is 6.17. The van der Waals surface area contributed by atoms with Gasteiger partial charge in [0.05, 0.1) is 0 Å². The summed E-state index contributed by atoms with van der Waals surface area (Å²) < 4.78 is 0. The second-order valence-electron chi connectivity index (χ2n) is 3.57. The molecule has 1 atom stereocenters. The van der Waals surface area contributed by atoms with E-state index in [1.165, 1.54) is 24.2 Å². The van der Waals surface area contributed by atoms with Crippen LogP contribution in [0.2, 0.25) is 0 Å². The third-order valence-electron chi connectivity index (χ3n) is 2.16. The zero-order valence-corrected chi connectivity index (χ0v) is 9.10. The van der Waals surface area contributed by atoms with Gasteiger partial charge in [-0.1, -0.05) is 26.2 Å². The van der Waals surface area contributed by atoms with Gasteiger partial charge in [0.25, 0.3) is 0 Å². The third-order valence-corrected chi connectivity index (χ3v) is 3.19. The van der Waals surface area contributed by atoms with Crippen LogP contribution in [-0.2, 0) is 5.60 Å². The van der Waals surface area contributed by atoms with Crippen molar-refractivity contribution in [2.24, 2.45) is 0 Å². The summed E-state index contributed by atoms with van der Waals surface area (Å²) in [6.45, 7) is 4.01. The average molecular weight is 199 g/mol. The molecule has 2 nitrogen and oxygen atoms in total. The van der Waals surface area contributed by atoms with Gasteiger partial charge >= 0.3 is 0 Å². The SMILES string of the molecule is CCCCC[C@](C)(O)c1nccs1. The Hall–Kier alpha value is -0.410. The molecule has 0 spiro atoms. The molecule has 1 heterocycles. The van der Waals surface area contributed by atoms with Crippen LogP contribution in [0.5, 0.6) is 0 Å². The average Bonchev–Trinajstić information content (AvgIpc) is 2.56. The summed E-state index contributed by atoms with van der Waals surface area (Å²) in [5, 5.41) is 12.8. The number of hydrogen-bond acceptors (Lipinski definition) is 3. The first kappa shape index (κ1) is 10.7. The van der Waals surface area contributed by atoms with E-state index in [9.17, 15) is 5.11 Å². The Morgan fingerprint density at radius 2 is 2.31 bits per heavy atom. The molecule has 0 saturated carbocycles. The maximum absolute atomic E-state index is 10.0. The minimum atomic E-state index is -0.719. The zero-order chi connectivity index (χ0) is 9.73. The maximum atomic E-state index is 10.0. The molecule has 0 aromatic carbocycles. The predicted molar refractivity (Wildman–Crippen MR) is 55.8 cm³/mol. The van der Waals surface area contributed by atoms with Gasteiger partial charge in [-0.2, -0.15) is 0 Å². The minimum absolute atomic E-state index is 0.719. The molecule has 0 aliphatic rings. The van der Waals surface area contributed by atoms with E-state index in [1.807, 2.05) is 12.3 Å². The molecule has 0 fully saturated rings. The van der Waals surface area contributed by atoms with Crippen molar-refractivity contribution in [1.82, 2.24) is 4.98 Å². The van der Waals surface area contributed by atoms with Crippen LogP contribution in [0.25, 0.3) is 0 Å². The number of unbranched alkanes of at least 4 members (excludes halogenated alkanes) is 2. The lowest BCUT2D eigenvalue weighted by Crippen LogP contribution is -2.20. The lowest BCUT2D eigenvalue weighted by molar-refractivity contribution is 0.0447. The van der Waals surface area contributed by atoms with Crippen LogP contribution in [0.1, 0.15) is 44.5 Å². The van der Waals surface area contributed by atoms with E-state index >= 15 is 0 Å². The Kier molecular flexibility index (Phi) is 3.88. The van der Waals surface area contributed by atoms with Crippen LogP contribution in [0.15, 0.2) is 11.6 Å². The van der Waals surface area contributed by atoms with Crippen molar-refractivity contribution < 1.29 is 5.11 Å². The van der Waals surface area contributed by atoms with Gasteiger partial charge in [0, 0.05) is 11.6 Å². The van der Waals surface area contributed by atoms with Gasteiger partial charge in [-0.15, -0.1) is 11.3 Å². The van der Waals surface area contributed by atoms with Crippen molar-refractivity contribution >= 4 is 11.3 Å². The lowest BCUT2D eigenvalue weighted by atomic mass is 9.99. The Labute approximate surface area is 83.6 Å². The van der Waals surface area contributed by atoms with Gasteiger partial charge in [0.2, 0.25) is 0 Å². The van der Waals surface area contributed by atoms with Crippen molar-refractivity contribution in [1.29, 1.82) is 0 Å². The van der Waals surface area contributed by atoms with E-state index in [2.05, 4.69) is 11.9 Å². The molecule has 1 aromatic rings. The van der Waals surface area contributed by atoms with Crippen molar-refractivity contribution in [2.75, 3.05) is 0 Å². The quantitative estimate of drug-likeness (QED) is 0.740. The fraction of sp³-hybridized carbons (Fsp3) is 0.700. The van der Waals surface area contributed by atoms with E-state index in [4.69, 9.17) is 0 Å². The first-order valence-electron chi connectivity index (χ1n) is 4.79. The topological polar surface area (TPSA) is 33.1 Å². The fourth-order valence-corrected chi connectivity index (χ4v) is 2.04. The van der Waals surface area contributed by atoms with Gasteiger partial charge in [-0.3, -0.25) is 0 Å². The third kappa shape index (κ3) is 3.08. The van der Waals surface area contributed by atoms with Gasteiger partial charge < -0.3 is 5.11 Å². The molecule has 1 N–H and O–H groups in total. The molecule has 0 bridgehead atoms.